The molecule has 0 amide bonds. The Kier molecular flexibility index (Phi) is 2.22. The lowest BCUT2D eigenvalue weighted by atomic mass is 10.2. The van der Waals surface area contributed by atoms with Gasteiger partial charge in [-0.15, -0.1) is 11.3 Å². The van der Waals surface area contributed by atoms with Gasteiger partial charge in [0, 0.05) is 18.3 Å². The quantitative estimate of drug-likeness (QED) is 0.708. The second-order valence-electron chi connectivity index (χ2n) is 3.19. The summed E-state index contributed by atoms with van der Waals surface area (Å²) in [7, 11) is 0. The molecule has 0 atom stereocenters. The molecule has 0 aromatic carbocycles. The van der Waals surface area contributed by atoms with Gasteiger partial charge in [-0.1, -0.05) is 13.8 Å². The highest BCUT2D eigenvalue weighted by Crippen LogP contribution is 2.22. The lowest BCUT2D eigenvalue weighted by molar-refractivity contribution is 0.852. The molecule has 0 fully saturated rings. The zero-order chi connectivity index (χ0) is 9.26. The van der Waals surface area contributed by atoms with Crippen LogP contribution < -0.4 is 0 Å². The van der Waals surface area contributed by atoms with Crippen molar-refractivity contribution in [1.29, 1.82) is 0 Å². The molecule has 0 aliphatic carbocycles. The average molecular weight is 193 g/mol. The number of aromatic nitrogens is 1. The first-order valence-electron chi connectivity index (χ1n) is 4.30. The summed E-state index contributed by atoms with van der Waals surface area (Å²) in [4.78, 5) is 13.8. The van der Waals surface area contributed by atoms with E-state index in [9.17, 15) is 0 Å². The summed E-state index contributed by atoms with van der Waals surface area (Å²) in [6, 6.07) is 0. The molecule has 1 aliphatic heterocycles. The predicted molar refractivity (Wildman–Crippen MR) is 56.1 cm³/mol. The third-order valence-corrected chi connectivity index (χ3v) is 3.07. The van der Waals surface area contributed by atoms with Crippen molar-refractivity contribution in [3.05, 3.63) is 16.1 Å². The lowest BCUT2D eigenvalue weighted by Gasteiger charge is -1.95. The van der Waals surface area contributed by atoms with Crippen LogP contribution in [0.2, 0.25) is 0 Å². The molecule has 1 aromatic heterocycles. The van der Waals surface area contributed by atoms with Crippen LogP contribution in [0.4, 0.5) is 0 Å². The van der Waals surface area contributed by atoms with Crippen LogP contribution in [0.3, 0.4) is 0 Å². The minimum absolute atomic E-state index is 0.490. The molecule has 0 spiro atoms. The van der Waals surface area contributed by atoms with Crippen LogP contribution in [-0.4, -0.2) is 23.6 Å². The van der Waals surface area contributed by atoms with Gasteiger partial charge >= 0.3 is 0 Å². The van der Waals surface area contributed by atoms with Gasteiger partial charge in [-0.25, -0.2) is 9.98 Å². The number of hydrogen-bond donors (Lipinski definition) is 0. The molecule has 68 valence electrons. The maximum atomic E-state index is 4.32. The first-order chi connectivity index (χ1) is 6.27. The molecule has 1 aliphatic rings. The fraction of sp³-hybridized carbons (Fsp3) is 0.444. The van der Waals surface area contributed by atoms with Crippen LogP contribution in [0.25, 0.3) is 0 Å². The molecule has 3 nitrogen and oxygen atoms in total. The van der Waals surface area contributed by atoms with E-state index in [0.29, 0.717) is 12.5 Å². The van der Waals surface area contributed by atoms with Crippen molar-refractivity contribution in [2.45, 2.75) is 19.8 Å². The summed E-state index contributed by atoms with van der Waals surface area (Å²) in [6.07, 6.45) is 3.69. The van der Waals surface area contributed by atoms with Gasteiger partial charge in [0.1, 0.15) is 0 Å². The maximum absolute atomic E-state index is 4.32. The normalized spacial score (nSPS) is 15.5. The highest BCUT2D eigenvalue weighted by atomic mass is 32.1. The smallest absolute Gasteiger partial charge is 0.166 e. The van der Waals surface area contributed by atoms with E-state index < -0.39 is 0 Å². The van der Waals surface area contributed by atoms with Crippen molar-refractivity contribution in [1.82, 2.24) is 4.98 Å². The van der Waals surface area contributed by atoms with E-state index in [0.717, 1.165) is 15.7 Å². The van der Waals surface area contributed by atoms with Crippen molar-refractivity contribution in [2.75, 3.05) is 6.54 Å². The van der Waals surface area contributed by atoms with E-state index in [1.807, 2.05) is 12.4 Å². The van der Waals surface area contributed by atoms with Crippen LogP contribution in [-0.2, 0) is 0 Å². The Morgan fingerprint density at radius 3 is 2.85 bits per heavy atom. The molecule has 4 heteroatoms. The monoisotopic (exact) mass is 193 g/mol. The van der Waals surface area contributed by atoms with Crippen LogP contribution in [0.5, 0.6) is 0 Å². The molecular weight excluding hydrogens is 182 g/mol. The van der Waals surface area contributed by atoms with Crippen LogP contribution in [0.1, 0.15) is 29.7 Å². The first-order valence-corrected chi connectivity index (χ1v) is 5.12. The van der Waals surface area contributed by atoms with Crippen molar-refractivity contribution >= 4 is 23.4 Å². The number of thiazole rings is 1. The van der Waals surface area contributed by atoms with E-state index in [2.05, 4.69) is 28.8 Å². The van der Waals surface area contributed by atoms with E-state index in [-0.39, 0.29) is 0 Å². The van der Waals surface area contributed by atoms with Gasteiger partial charge in [-0.3, -0.25) is 4.99 Å². The fourth-order valence-electron chi connectivity index (χ4n) is 1.09. The average Bonchev–Trinajstić information content (AvgIpc) is 2.75. The van der Waals surface area contributed by atoms with Crippen molar-refractivity contribution in [3.8, 4) is 0 Å². The van der Waals surface area contributed by atoms with E-state index in [4.69, 9.17) is 0 Å². The highest BCUT2D eigenvalue weighted by Gasteiger charge is 2.11. The van der Waals surface area contributed by atoms with Gasteiger partial charge < -0.3 is 0 Å². The zero-order valence-corrected chi connectivity index (χ0v) is 8.51. The number of nitrogens with zero attached hydrogens (tertiary/aromatic N) is 3. The SMILES string of the molecule is CC(C)c1ncc(C2=NCC=N2)s1. The Hall–Kier alpha value is -1.03. The summed E-state index contributed by atoms with van der Waals surface area (Å²) in [5, 5.41) is 1.15. The first kappa shape index (κ1) is 8.56. The number of rotatable bonds is 2. The molecular formula is C9H11N3S. The Labute approximate surface area is 81.3 Å². The van der Waals surface area contributed by atoms with Crippen LogP contribution in [0.15, 0.2) is 16.2 Å². The third-order valence-electron chi connectivity index (χ3n) is 1.77. The highest BCUT2D eigenvalue weighted by molar-refractivity contribution is 7.13. The molecule has 0 bridgehead atoms. The van der Waals surface area contributed by atoms with Gasteiger partial charge in [0.15, 0.2) is 5.84 Å². The third kappa shape index (κ3) is 1.67. The molecule has 0 N–H and O–H groups in total. The molecule has 0 saturated heterocycles. The summed E-state index contributed by atoms with van der Waals surface area (Å²) in [6.45, 7) is 4.99. The minimum atomic E-state index is 0.490. The second kappa shape index (κ2) is 3.38. The molecule has 0 unspecified atom stereocenters. The second-order valence-corrected chi connectivity index (χ2v) is 4.26. The van der Waals surface area contributed by atoms with Crippen molar-refractivity contribution in [2.24, 2.45) is 9.98 Å². The summed E-state index contributed by atoms with van der Waals surface area (Å²) in [5.74, 6) is 1.33. The Balaban J connectivity index is 2.27. The number of aliphatic imine (C=N–C) groups is 2. The largest absolute Gasteiger partial charge is 0.260 e. The van der Waals surface area contributed by atoms with Gasteiger partial charge in [0.2, 0.25) is 0 Å². The van der Waals surface area contributed by atoms with Gasteiger partial charge in [-0.05, 0) is 0 Å². The number of amidine groups is 1. The van der Waals surface area contributed by atoms with Gasteiger partial charge in [0.25, 0.3) is 0 Å². The van der Waals surface area contributed by atoms with E-state index in [1.165, 1.54) is 0 Å². The molecule has 2 heterocycles. The standard InChI is InChI=1S/C9H11N3S/c1-6(2)9-12-5-7(13-9)8-10-3-4-11-8/h3,5-6H,4H2,1-2H3. The van der Waals surface area contributed by atoms with Crippen LogP contribution in [0, 0.1) is 0 Å². The summed E-state index contributed by atoms with van der Waals surface area (Å²) >= 11 is 1.68. The predicted octanol–water partition coefficient (Wildman–Crippen LogP) is 2.10. The fourth-order valence-corrected chi connectivity index (χ4v) is 1.98. The van der Waals surface area contributed by atoms with Gasteiger partial charge in [0.05, 0.1) is 16.4 Å². The summed E-state index contributed by atoms with van der Waals surface area (Å²) < 4.78 is 0. The molecule has 0 saturated carbocycles. The topological polar surface area (TPSA) is 37.6 Å². The molecule has 2 rings (SSSR count). The number of hydrogen-bond acceptors (Lipinski definition) is 4. The lowest BCUT2D eigenvalue weighted by Crippen LogP contribution is -1.87. The minimum Gasteiger partial charge on any atom is -0.260 e. The molecule has 0 radical (unpaired) electrons. The zero-order valence-electron chi connectivity index (χ0n) is 7.69. The van der Waals surface area contributed by atoms with Gasteiger partial charge in [-0.2, -0.15) is 0 Å². The Morgan fingerprint density at radius 2 is 2.31 bits per heavy atom. The van der Waals surface area contributed by atoms with Crippen molar-refractivity contribution in [3.63, 3.8) is 0 Å². The Morgan fingerprint density at radius 1 is 1.46 bits per heavy atom. The Bertz CT molecular complexity index is 363. The van der Waals surface area contributed by atoms with E-state index in [1.54, 1.807) is 11.3 Å². The maximum Gasteiger partial charge on any atom is 0.166 e. The van der Waals surface area contributed by atoms with Crippen LogP contribution >= 0.6 is 11.3 Å². The molecule has 1 aromatic rings. The van der Waals surface area contributed by atoms with Crippen molar-refractivity contribution < 1.29 is 0 Å². The summed E-state index contributed by atoms with van der Waals surface area (Å²) in [5.41, 5.74) is 0. The molecule has 13 heavy (non-hydrogen) atoms. The van der Waals surface area contributed by atoms with E-state index >= 15 is 0 Å².